The SMILES string of the molecule is CC(NCc1nc2ccccc2[nH]1)c1ccc(F)cc1Br. The van der Waals surface area contributed by atoms with Crippen molar-refractivity contribution in [3.05, 3.63) is 64.1 Å². The number of rotatable bonds is 4. The molecule has 2 aromatic carbocycles. The van der Waals surface area contributed by atoms with Gasteiger partial charge in [0, 0.05) is 10.5 Å². The van der Waals surface area contributed by atoms with E-state index in [2.05, 4.69) is 31.2 Å². The molecule has 0 radical (unpaired) electrons. The molecule has 1 unspecified atom stereocenters. The lowest BCUT2D eigenvalue weighted by Gasteiger charge is -2.15. The van der Waals surface area contributed by atoms with Gasteiger partial charge in [-0.3, -0.25) is 0 Å². The average molecular weight is 348 g/mol. The molecule has 3 rings (SSSR count). The van der Waals surface area contributed by atoms with Gasteiger partial charge in [0.05, 0.1) is 17.6 Å². The molecule has 0 aliphatic carbocycles. The summed E-state index contributed by atoms with van der Waals surface area (Å²) in [4.78, 5) is 7.81. The Kier molecular flexibility index (Phi) is 4.03. The van der Waals surface area contributed by atoms with Gasteiger partial charge in [0.2, 0.25) is 0 Å². The van der Waals surface area contributed by atoms with Gasteiger partial charge in [-0.05, 0) is 36.8 Å². The fourth-order valence-corrected chi connectivity index (χ4v) is 3.00. The monoisotopic (exact) mass is 347 g/mol. The van der Waals surface area contributed by atoms with Crippen LogP contribution in [0.4, 0.5) is 4.39 Å². The van der Waals surface area contributed by atoms with E-state index in [-0.39, 0.29) is 11.9 Å². The Morgan fingerprint density at radius 3 is 2.86 bits per heavy atom. The minimum Gasteiger partial charge on any atom is -0.341 e. The summed E-state index contributed by atoms with van der Waals surface area (Å²) < 4.78 is 13.9. The Morgan fingerprint density at radius 2 is 2.10 bits per heavy atom. The second-order valence-electron chi connectivity index (χ2n) is 4.97. The second-order valence-corrected chi connectivity index (χ2v) is 5.82. The van der Waals surface area contributed by atoms with Crippen LogP contribution in [0.25, 0.3) is 11.0 Å². The number of para-hydroxylation sites is 2. The molecular weight excluding hydrogens is 333 g/mol. The summed E-state index contributed by atoms with van der Waals surface area (Å²) in [7, 11) is 0. The van der Waals surface area contributed by atoms with E-state index in [1.807, 2.05) is 31.2 Å². The molecule has 0 fully saturated rings. The second kappa shape index (κ2) is 5.95. The van der Waals surface area contributed by atoms with Crippen molar-refractivity contribution in [2.75, 3.05) is 0 Å². The maximum Gasteiger partial charge on any atom is 0.124 e. The lowest BCUT2D eigenvalue weighted by atomic mass is 10.1. The highest BCUT2D eigenvalue weighted by Crippen LogP contribution is 2.24. The minimum atomic E-state index is -0.241. The third-order valence-electron chi connectivity index (χ3n) is 3.44. The summed E-state index contributed by atoms with van der Waals surface area (Å²) in [6, 6.07) is 12.8. The molecule has 21 heavy (non-hydrogen) atoms. The first-order chi connectivity index (χ1) is 10.1. The Morgan fingerprint density at radius 1 is 1.29 bits per heavy atom. The molecule has 0 amide bonds. The molecule has 3 nitrogen and oxygen atoms in total. The van der Waals surface area contributed by atoms with Gasteiger partial charge in [-0.1, -0.05) is 34.1 Å². The number of hydrogen-bond donors (Lipinski definition) is 2. The molecule has 0 bridgehead atoms. The van der Waals surface area contributed by atoms with Crippen LogP contribution in [0.15, 0.2) is 46.9 Å². The van der Waals surface area contributed by atoms with Crippen molar-refractivity contribution >= 4 is 27.0 Å². The van der Waals surface area contributed by atoms with Crippen LogP contribution in [-0.4, -0.2) is 9.97 Å². The summed E-state index contributed by atoms with van der Waals surface area (Å²) in [5.41, 5.74) is 3.02. The van der Waals surface area contributed by atoms with Crippen LogP contribution in [0.1, 0.15) is 24.4 Å². The maximum atomic E-state index is 13.1. The largest absolute Gasteiger partial charge is 0.341 e. The molecule has 0 spiro atoms. The van der Waals surface area contributed by atoms with Gasteiger partial charge in [-0.2, -0.15) is 0 Å². The Balaban J connectivity index is 1.71. The van der Waals surface area contributed by atoms with Crippen molar-refractivity contribution < 1.29 is 4.39 Å². The molecule has 2 N–H and O–H groups in total. The van der Waals surface area contributed by atoms with E-state index in [9.17, 15) is 4.39 Å². The number of nitrogens with zero attached hydrogens (tertiary/aromatic N) is 1. The first kappa shape index (κ1) is 14.2. The fraction of sp³-hybridized carbons (Fsp3) is 0.188. The Hall–Kier alpha value is -1.72. The third-order valence-corrected chi connectivity index (χ3v) is 4.13. The van der Waals surface area contributed by atoms with E-state index in [0.717, 1.165) is 26.9 Å². The van der Waals surface area contributed by atoms with E-state index in [0.29, 0.717) is 6.54 Å². The zero-order valence-electron chi connectivity index (χ0n) is 11.5. The molecule has 0 saturated heterocycles. The summed E-state index contributed by atoms with van der Waals surface area (Å²) in [6.07, 6.45) is 0. The Bertz CT molecular complexity index is 736. The topological polar surface area (TPSA) is 40.7 Å². The van der Waals surface area contributed by atoms with Crippen molar-refractivity contribution in [1.82, 2.24) is 15.3 Å². The number of fused-ring (bicyclic) bond motifs is 1. The van der Waals surface area contributed by atoms with Gasteiger partial charge in [-0.15, -0.1) is 0 Å². The predicted octanol–water partition coefficient (Wildman–Crippen LogP) is 4.32. The first-order valence-electron chi connectivity index (χ1n) is 6.75. The number of nitrogens with one attached hydrogen (secondary N) is 2. The molecule has 1 heterocycles. The van der Waals surface area contributed by atoms with Gasteiger partial charge in [0.1, 0.15) is 11.6 Å². The predicted molar refractivity (Wildman–Crippen MR) is 85.4 cm³/mol. The zero-order valence-corrected chi connectivity index (χ0v) is 13.1. The van der Waals surface area contributed by atoms with Crippen molar-refractivity contribution in [1.29, 1.82) is 0 Å². The normalized spacial score (nSPS) is 12.7. The molecule has 1 aromatic heterocycles. The summed E-state index contributed by atoms with van der Waals surface area (Å²) in [5, 5.41) is 3.39. The Labute approximate surface area is 130 Å². The highest BCUT2D eigenvalue weighted by Gasteiger charge is 2.10. The van der Waals surface area contributed by atoms with E-state index in [1.54, 1.807) is 6.07 Å². The molecule has 5 heteroatoms. The van der Waals surface area contributed by atoms with Crippen LogP contribution in [0.5, 0.6) is 0 Å². The molecular formula is C16H15BrFN3. The molecule has 0 saturated carbocycles. The molecule has 3 aromatic rings. The quantitative estimate of drug-likeness (QED) is 0.737. The van der Waals surface area contributed by atoms with Gasteiger partial charge in [0.25, 0.3) is 0 Å². The van der Waals surface area contributed by atoms with E-state index in [4.69, 9.17) is 0 Å². The van der Waals surface area contributed by atoms with Crippen LogP contribution < -0.4 is 5.32 Å². The van der Waals surface area contributed by atoms with E-state index in [1.165, 1.54) is 12.1 Å². The summed E-state index contributed by atoms with van der Waals surface area (Å²) in [6.45, 7) is 2.67. The van der Waals surface area contributed by atoms with Gasteiger partial charge in [0.15, 0.2) is 0 Å². The van der Waals surface area contributed by atoms with Crippen molar-refractivity contribution in [2.45, 2.75) is 19.5 Å². The maximum absolute atomic E-state index is 13.1. The van der Waals surface area contributed by atoms with E-state index < -0.39 is 0 Å². The fourth-order valence-electron chi connectivity index (χ4n) is 2.30. The molecule has 0 aliphatic heterocycles. The lowest BCUT2D eigenvalue weighted by Crippen LogP contribution is -2.19. The highest BCUT2D eigenvalue weighted by molar-refractivity contribution is 9.10. The number of aromatic amines is 1. The van der Waals surface area contributed by atoms with E-state index >= 15 is 0 Å². The standard InChI is InChI=1S/C16H15BrFN3/c1-10(12-7-6-11(18)8-13(12)17)19-9-16-20-14-4-2-3-5-15(14)21-16/h2-8,10,19H,9H2,1H3,(H,20,21). The lowest BCUT2D eigenvalue weighted by molar-refractivity contribution is 0.558. The minimum absolute atomic E-state index is 0.0909. The van der Waals surface area contributed by atoms with Crippen LogP contribution in [0.2, 0.25) is 0 Å². The van der Waals surface area contributed by atoms with Crippen LogP contribution in [0, 0.1) is 5.82 Å². The zero-order chi connectivity index (χ0) is 14.8. The summed E-state index contributed by atoms with van der Waals surface area (Å²) in [5.74, 6) is 0.649. The smallest absolute Gasteiger partial charge is 0.124 e. The van der Waals surface area contributed by atoms with Crippen LogP contribution in [0.3, 0.4) is 0 Å². The van der Waals surface area contributed by atoms with Crippen molar-refractivity contribution in [3.63, 3.8) is 0 Å². The number of aromatic nitrogens is 2. The van der Waals surface area contributed by atoms with Crippen LogP contribution in [-0.2, 0) is 6.54 Å². The number of hydrogen-bond acceptors (Lipinski definition) is 2. The molecule has 108 valence electrons. The third kappa shape index (κ3) is 3.14. The van der Waals surface area contributed by atoms with Gasteiger partial charge < -0.3 is 10.3 Å². The van der Waals surface area contributed by atoms with Gasteiger partial charge >= 0.3 is 0 Å². The number of imidazole rings is 1. The van der Waals surface area contributed by atoms with Crippen molar-refractivity contribution in [3.8, 4) is 0 Å². The number of benzene rings is 2. The van der Waals surface area contributed by atoms with Crippen LogP contribution >= 0.6 is 15.9 Å². The molecule has 0 aliphatic rings. The average Bonchev–Trinajstić information content (AvgIpc) is 2.87. The number of halogens is 2. The van der Waals surface area contributed by atoms with Crippen molar-refractivity contribution in [2.24, 2.45) is 0 Å². The first-order valence-corrected chi connectivity index (χ1v) is 7.55. The number of H-pyrrole nitrogens is 1. The van der Waals surface area contributed by atoms with Gasteiger partial charge in [-0.25, -0.2) is 9.37 Å². The highest BCUT2D eigenvalue weighted by atomic mass is 79.9. The molecule has 1 atom stereocenters. The summed E-state index contributed by atoms with van der Waals surface area (Å²) >= 11 is 3.40.